The Labute approximate surface area is 820 Å². The maximum Gasteiger partial charge on any atom is 0.211 e. The highest BCUT2D eigenvalue weighted by Crippen LogP contribution is 2.52. The summed E-state index contributed by atoms with van der Waals surface area (Å²) in [5, 5.41) is 44.0. The second-order valence-electron chi connectivity index (χ2n) is 35.7. The minimum absolute atomic E-state index is 0.0636. The summed E-state index contributed by atoms with van der Waals surface area (Å²) in [6.07, 6.45) is 24.3. The highest BCUT2D eigenvalue weighted by molar-refractivity contribution is 7.89. The zero-order valence-electron chi connectivity index (χ0n) is 77.6. The van der Waals surface area contributed by atoms with Crippen LogP contribution in [0.15, 0.2) is 170 Å². The van der Waals surface area contributed by atoms with Crippen molar-refractivity contribution in [3.63, 3.8) is 0 Å². The monoisotopic (exact) mass is 2010 g/mol. The van der Waals surface area contributed by atoms with Crippen molar-refractivity contribution in [1.82, 2.24) is 35.5 Å². The molecule has 0 N–H and O–H groups in total. The molecule has 3 unspecified atom stereocenters. The van der Waals surface area contributed by atoms with Crippen LogP contribution in [0.5, 0.6) is 46.0 Å². The lowest BCUT2D eigenvalue weighted by molar-refractivity contribution is -0.0750. The molecular formula is C101H110Cl4N12O16S4. The molecule has 4 aromatic heterocycles. The molecule has 0 bridgehead atoms. The van der Waals surface area contributed by atoms with Crippen molar-refractivity contribution >= 4 is 130 Å². The van der Waals surface area contributed by atoms with Crippen molar-refractivity contribution in [2.24, 2.45) is 23.2 Å². The van der Waals surface area contributed by atoms with Gasteiger partial charge in [0.25, 0.3) is 0 Å². The molecule has 0 amide bonds. The molecule has 137 heavy (non-hydrogen) atoms. The largest absolute Gasteiger partial charge is 0.494 e. The fourth-order valence-corrected chi connectivity index (χ4v) is 23.8. The Kier molecular flexibility index (Phi) is 31.7. The van der Waals surface area contributed by atoms with E-state index in [4.69, 9.17) is 84.3 Å². The molecule has 1 spiro atoms. The molecule has 2 aliphatic carbocycles. The zero-order chi connectivity index (χ0) is 97.4. The summed E-state index contributed by atoms with van der Waals surface area (Å²) in [5.41, 5.74) is 8.65. The van der Waals surface area contributed by atoms with Crippen LogP contribution < -0.4 is 37.9 Å². The summed E-state index contributed by atoms with van der Waals surface area (Å²) in [7, 11) is -12.6. The molecule has 6 fully saturated rings. The minimum Gasteiger partial charge on any atom is -0.494 e. The number of hydrogen-bond donors (Lipinski definition) is 0. The predicted octanol–water partition coefficient (Wildman–Crippen LogP) is 19.9. The molecular weight excluding hydrogens is 1910 g/mol. The first-order valence-electron chi connectivity index (χ1n) is 45.9. The molecule has 28 nitrogen and oxygen atoms in total. The van der Waals surface area contributed by atoms with Crippen molar-refractivity contribution in [2.75, 3.05) is 110 Å². The fourth-order valence-electron chi connectivity index (χ4n) is 18.9. The Bertz CT molecular complexity index is 7140. The molecule has 8 aromatic carbocycles. The summed E-state index contributed by atoms with van der Waals surface area (Å²) in [6, 6.07) is 54.5. The lowest BCUT2D eigenvalue weighted by atomic mass is 9.61. The van der Waals surface area contributed by atoms with Gasteiger partial charge >= 0.3 is 0 Å². The van der Waals surface area contributed by atoms with Gasteiger partial charge < -0.3 is 56.2 Å². The number of hydrogen-bond acceptors (Lipinski definition) is 20. The van der Waals surface area contributed by atoms with Gasteiger partial charge in [-0.2, -0.15) is 25.4 Å². The summed E-state index contributed by atoms with van der Waals surface area (Å²) in [5.74, 6) is 5.81. The van der Waals surface area contributed by atoms with Crippen LogP contribution in [0.3, 0.4) is 0 Å². The number of ether oxygens (including phenoxy) is 8. The SMILES string of the molecule is CCCOc1c(Cl)cc(-n2ccc3cc(OC4CC5CN(S(C)(=O)=O)CC5C4)ccc32)cc1C#N.CCCOc1c(Cl)cc(-n2ccc3cc(OC4CCC45CCN(S(C)(=O)=O)CC5)ccc32)cc1C#N.CCCOc1c(Cl)cc(-n2ccc3cc(OCCC4CN(S(C)(=O)=O)C4)ccc32)cc1C#N.CCCOc1c(Cl)cc(-n2ccc3cc(OC[C@H]4CCCN4S(C)(=O)=O)ccc32)cc1C#N. The zero-order valence-corrected chi connectivity index (χ0v) is 83.8. The predicted molar refractivity (Wildman–Crippen MR) is 534 cm³/mol. The van der Waals surface area contributed by atoms with Crippen molar-refractivity contribution in [1.29, 1.82) is 21.0 Å². The molecule has 722 valence electrons. The standard InChI is InChI=1S/C27H30ClN3O4S.C26H28ClN3O4S.2C24H26ClN3O4S/c1-3-14-34-26-20(18-29)15-21(17-23(26)28)31-11-7-19-16-22(4-5-24(19)31)35-25-6-8-27(25)9-12-30(13-10-27)36(2,32)33;1-3-8-33-26-18(14-28)9-21(13-24(26)27)30-7-6-17-10-22(4-5-25(17)30)34-23-11-19-15-29(35(2,31)32)16-20(19)12-23;1-3-9-32-24-19(14-26)11-20(13-22(24)25)28-8-6-18-12-21(4-5-23(18)28)31-10-7-17-15-27(16-17)33(2,29)30;1-3-11-31-24-18(15-26)12-20(14-22(24)25)27-10-8-17-13-21(6-7-23(17)27)32-16-19-5-4-9-28(19)33(2,29)30/h4-5,7,11,15-17,25H,3,6,8-10,12-14H2,1-2H3;4-7,9-10,13,19-20,23H,3,8,11-12,15-16H2,1-2H3;4-6,8,11-13,17H,3,7,9-10,15-16H2,1-2H3;6-8,10,12-14,19H,3-5,9,11,16H2,1-2H3/t;;;19-/m...1/s1. The van der Waals surface area contributed by atoms with Crippen LogP contribution in [0, 0.1) is 68.5 Å². The van der Waals surface area contributed by atoms with Crippen LogP contribution in [0.2, 0.25) is 20.1 Å². The van der Waals surface area contributed by atoms with Crippen LogP contribution >= 0.6 is 46.4 Å². The molecule has 4 saturated heterocycles. The highest BCUT2D eigenvalue weighted by atomic mass is 35.5. The first-order chi connectivity index (χ1) is 65.6. The van der Waals surface area contributed by atoms with E-state index in [0.717, 1.165) is 167 Å². The topological polar surface area (TPSA) is 338 Å². The lowest BCUT2D eigenvalue weighted by Crippen LogP contribution is -2.55. The van der Waals surface area contributed by atoms with Crippen LogP contribution in [0.25, 0.3) is 66.4 Å². The molecule has 4 aliphatic heterocycles. The molecule has 36 heteroatoms. The van der Waals surface area contributed by atoms with Crippen molar-refractivity contribution in [3.8, 4) is 93.0 Å². The highest BCUT2D eigenvalue weighted by Gasteiger charge is 2.51. The van der Waals surface area contributed by atoms with Gasteiger partial charge in [-0.25, -0.2) is 46.6 Å². The Hall–Kier alpha value is -10.9. The smallest absolute Gasteiger partial charge is 0.211 e. The number of fused-ring (bicyclic) bond motifs is 5. The van der Waals surface area contributed by atoms with Gasteiger partial charge in [0.2, 0.25) is 40.1 Å². The number of halogens is 4. The molecule has 12 aromatic rings. The second-order valence-corrected chi connectivity index (χ2v) is 45.2. The molecule has 4 atom stereocenters. The number of rotatable bonds is 31. The summed E-state index contributed by atoms with van der Waals surface area (Å²) < 4.78 is 156. The number of nitrogens with zero attached hydrogens (tertiary/aromatic N) is 12. The third kappa shape index (κ3) is 23.2. The average molecular weight is 2020 g/mol. The normalized spacial score (nSPS) is 18.4. The Morgan fingerprint density at radius 2 is 0.730 bits per heavy atom. The summed E-state index contributed by atoms with van der Waals surface area (Å²) in [4.78, 5) is 0. The summed E-state index contributed by atoms with van der Waals surface area (Å²) in [6.45, 7) is 14.9. The van der Waals surface area contributed by atoms with Gasteiger partial charge in [0.05, 0.1) is 135 Å². The fraction of sp³-hybridized carbons (Fsp3) is 0.406. The van der Waals surface area contributed by atoms with E-state index in [1.54, 1.807) is 45.0 Å². The number of nitriles is 4. The number of piperidine rings is 1. The van der Waals surface area contributed by atoms with E-state index in [1.165, 1.54) is 33.6 Å². The van der Waals surface area contributed by atoms with E-state index in [9.17, 15) is 54.7 Å². The minimum atomic E-state index is -3.23. The second kappa shape index (κ2) is 43.2. The lowest BCUT2D eigenvalue weighted by Gasteiger charge is -2.52. The molecule has 8 heterocycles. The van der Waals surface area contributed by atoms with Gasteiger partial charge in [-0.3, -0.25) is 0 Å². The van der Waals surface area contributed by atoms with Crippen LogP contribution in [-0.2, 0) is 40.1 Å². The summed E-state index contributed by atoms with van der Waals surface area (Å²) >= 11 is 25.8. The molecule has 18 rings (SSSR count). The van der Waals surface area contributed by atoms with Crippen molar-refractivity contribution in [2.45, 2.75) is 129 Å². The van der Waals surface area contributed by atoms with Gasteiger partial charge in [-0.05, 0) is 247 Å². The van der Waals surface area contributed by atoms with Crippen LogP contribution in [0.1, 0.15) is 133 Å². The van der Waals surface area contributed by atoms with E-state index in [0.29, 0.717) is 174 Å². The number of aromatic nitrogens is 4. The molecule has 2 saturated carbocycles. The quantitative estimate of drug-likeness (QED) is 0.0389. The van der Waals surface area contributed by atoms with E-state index < -0.39 is 40.1 Å². The number of sulfonamides is 4. The molecule has 0 radical (unpaired) electrons. The third-order valence-electron chi connectivity index (χ3n) is 26.0. The van der Waals surface area contributed by atoms with Gasteiger partial charge in [0.15, 0.2) is 23.0 Å². The van der Waals surface area contributed by atoms with Crippen molar-refractivity contribution < 1.29 is 71.6 Å². The van der Waals surface area contributed by atoms with Gasteiger partial charge in [-0.15, -0.1) is 0 Å². The Morgan fingerprint density at radius 3 is 1.07 bits per heavy atom. The van der Waals surface area contributed by atoms with Gasteiger partial charge in [0.1, 0.15) is 60.0 Å². The van der Waals surface area contributed by atoms with Gasteiger partial charge in [-0.1, -0.05) is 74.1 Å². The van der Waals surface area contributed by atoms with E-state index in [2.05, 4.69) is 24.3 Å². The Balaban J connectivity index is 0.000000139. The Morgan fingerprint density at radius 1 is 0.380 bits per heavy atom. The third-order valence-corrected chi connectivity index (χ3v) is 32.3. The first kappa shape index (κ1) is 101. The van der Waals surface area contributed by atoms with E-state index in [1.807, 2.05) is 180 Å². The van der Waals surface area contributed by atoms with Crippen molar-refractivity contribution in [3.05, 3.63) is 213 Å². The molecule has 6 aliphatic rings. The first-order valence-corrected chi connectivity index (χ1v) is 54.9. The van der Waals surface area contributed by atoms with Crippen LogP contribution in [0.4, 0.5) is 0 Å². The maximum absolute atomic E-state index is 11.9. The maximum atomic E-state index is 11.9. The number of benzene rings is 8. The van der Waals surface area contributed by atoms with Crippen LogP contribution in [-0.4, -0.2) is 198 Å². The van der Waals surface area contributed by atoms with E-state index >= 15 is 0 Å². The average Bonchev–Trinajstić information content (AvgIpc) is 1.32. The van der Waals surface area contributed by atoms with Gasteiger partial charge in [0, 0.05) is 120 Å². The van der Waals surface area contributed by atoms with E-state index in [-0.39, 0.29) is 23.7 Å².